The van der Waals surface area contributed by atoms with E-state index in [-0.39, 0.29) is 17.7 Å². The van der Waals surface area contributed by atoms with Crippen molar-refractivity contribution in [3.05, 3.63) is 0 Å². The van der Waals surface area contributed by atoms with Gasteiger partial charge in [0, 0.05) is 12.1 Å². The zero-order chi connectivity index (χ0) is 14.7. The number of carbonyl (C=O) groups is 1. The summed E-state index contributed by atoms with van der Waals surface area (Å²) in [6.07, 6.45) is 2.48. The molecule has 19 heavy (non-hydrogen) atoms. The van der Waals surface area contributed by atoms with Crippen LogP contribution in [0.25, 0.3) is 0 Å². The van der Waals surface area contributed by atoms with Gasteiger partial charge in [0.2, 0.25) is 0 Å². The molecule has 5 heteroatoms. The maximum Gasteiger partial charge on any atom is 0.407 e. The number of carbonyl (C=O) groups excluding carboxylic acids is 1. The van der Waals surface area contributed by atoms with Crippen LogP contribution in [0.3, 0.4) is 0 Å². The van der Waals surface area contributed by atoms with Crippen LogP contribution in [0.4, 0.5) is 4.79 Å². The Morgan fingerprint density at radius 3 is 2.11 bits per heavy atom. The summed E-state index contributed by atoms with van der Waals surface area (Å²) in [6.45, 7) is 11.6. The summed E-state index contributed by atoms with van der Waals surface area (Å²) < 4.78 is 5.25. The summed E-state index contributed by atoms with van der Waals surface area (Å²) in [5, 5.41) is 2.91. The maximum absolute atomic E-state index is 11.7. The molecule has 1 rings (SSSR count). The number of alkyl carbamates (subject to hydrolysis) is 1. The Bertz CT molecular complexity index is 305. The second-order valence-corrected chi connectivity index (χ2v) is 7.19. The van der Waals surface area contributed by atoms with E-state index in [2.05, 4.69) is 10.8 Å². The van der Waals surface area contributed by atoms with Gasteiger partial charge in [-0.1, -0.05) is 0 Å². The van der Waals surface area contributed by atoms with Gasteiger partial charge in [-0.05, 0) is 60.8 Å². The van der Waals surface area contributed by atoms with E-state index in [1.54, 1.807) is 0 Å². The van der Waals surface area contributed by atoms with Crippen LogP contribution < -0.4 is 10.8 Å². The van der Waals surface area contributed by atoms with E-state index >= 15 is 0 Å². The fourth-order valence-electron chi connectivity index (χ4n) is 1.95. The number of hydrogen-bond donors (Lipinski definition) is 2. The highest BCUT2D eigenvalue weighted by Crippen LogP contribution is 2.20. The normalized spacial score (nSPS) is 24.3. The lowest BCUT2D eigenvalue weighted by molar-refractivity contribution is -0.0875. The zero-order valence-electron chi connectivity index (χ0n) is 13.0. The van der Waals surface area contributed by atoms with Gasteiger partial charge in [0.15, 0.2) is 0 Å². The van der Waals surface area contributed by atoms with Gasteiger partial charge in [0.1, 0.15) is 5.60 Å². The quantitative estimate of drug-likeness (QED) is 0.776. The molecule has 0 bridgehead atoms. The first-order chi connectivity index (χ1) is 8.55. The first kappa shape index (κ1) is 16.2. The van der Waals surface area contributed by atoms with Gasteiger partial charge in [0.05, 0.1) is 5.60 Å². The minimum Gasteiger partial charge on any atom is -0.444 e. The van der Waals surface area contributed by atoms with Crippen LogP contribution in [0.5, 0.6) is 0 Å². The molecule has 2 atom stereocenters. The summed E-state index contributed by atoms with van der Waals surface area (Å²) in [6, 6.07) is 0.454. The molecular formula is C14H28N2O3. The highest BCUT2D eigenvalue weighted by molar-refractivity contribution is 5.68. The van der Waals surface area contributed by atoms with E-state index in [4.69, 9.17) is 9.57 Å². The fourth-order valence-corrected chi connectivity index (χ4v) is 1.95. The van der Waals surface area contributed by atoms with Gasteiger partial charge < -0.3 is 10.1 Å². The lowest BCUT2D eigenvalue weighted by Gasteiger charge is -2.23. The number of hydroxylamine groups is 1. The van der Waals surface area contributed by atoms with Crippen molar-refractivity contribution in [3.63, 3.8) is 0 Å². The summed E-state index contributed by atoms with van der Waals surface area (Å²) in [5.41, 5.74) is 2.43. The van der Waals surface area contributed by atoms with E-state index in [0.29, 0.717) is 6.04 Å². The van der Waals surface area contributed by atoms with E-state index in [1.165, 1.54) is 0 Å². The number of amides is 1. The molecule has 0 spiro atoms. The average molecular weight is 272 g/mol. The molecular weight excluding hydrogens is 244 g/mol. The number of nitrogens with one attached hydrogen (secondary N) is 2. The minimum atomic E-state index is -0.449. The Morgan fingerprint density at radius 1 is 1.00 bits per heavy atom. The summed E-state index contributed by atoms with van der Waals surface area (Å²) in [7, 11) is 0. The van der Waals surface area contributed by atoms with Gasteiger partial charge >= 0.3 is 6.09 Å². The molecule has 5 nitrogen and oxygen atoms in total. The first-order valence-corrected chi connectivity index (χ1v) is 6.98. The Kier molecular flexibility index (Phi) is 5.21. The molecule has 1 amide bonds. The fraction of sp³-hybridized carbons (Fsp3) is 0.929. The molecule has 2 N–H and O–H groups in total. The average Bonchev–Trinajstić information content (AvgIpc) is 2.58. The molecule has 0 aromatic carbocycles. The summed E-state index contributed by atoms with van der Waals surface area (Å²) in [5.74, 6) is 0. The molecule has 0 radical (unpaired) electrons. The molecule has 0 aliphatic heterocycles. The van der Waals surface area contributed by atoms with Crippen molar-refractivity contribution in [1.29, 1.82) is 0 Å². The molecule has 2 unspecified atom stereocenters. The van der Waals surface area contributed by atoms with Crippen LogP contribution in [-0.4, -0.2) is 29.4 Å². The smallest absolute Gasteiger partial charge is 0.407 e. The molecule has 1 aliphatic carbocycles. The SMILES string of the molecule is CC(C)(C)ONC1CCC(NC(=O)OC(C)(C)C)C1. The molecule has 112 valence electrons. The van der Waals surface area contributed by atoms with Gasteiger partial charge in [0.25, 0.3) is 0 Å². The lowest BCUT2D eigenvalue weighted by atomic mass is 10.2. The first-order valence-electron chi connectivity index (χ1n) is 6.98. The van der Waals surface area contributed by atoms with Gasteiger partial charge in [-0.3, -0.25) is 4.84 Å². The summed E-state index contributed by atoms with van der Waals surface area (Å²) in [4.78, 5) is 17.2. The van der Waals surface area contributed by atoms with Crippen molar-refractivity contribution in [2.75, 3.05) is 0 Å². The third-order valence-corrected chi connectivity index (χ3v) is 2.69. The predicted molar refractivity (Wildman–Crippen MR) is 74.8 cm³/mol. The third kappa shape index (κ3) is 7.38. The molecule has 0 saturated heterocycles. The van der Waals surface area contributed by atoms with E-state index in [1.807, 2.05) is 41.5 Å². The van der Waals surface area contributed by atoms with Gasteiger partial charge in [-0.25, -0.2) is 4.79 Å². The van der Waals surface area contributed by atoms with E-state index in [0.717, 1.165) is 19.3 Å². The predicted octanol–water partition coefficient (Wildman–Crippen LogP) is 2.75. The Morgan fingerprint density at radius 2 is 1.58 bits per heavy atom. The highest BCUT2D eigenvalue weighted by atomic mass is 16.7. The molecule has 0 aromatic rings. The highest BCUT2D eigenvalue weighted by Gasteiger charge is 2.28. The Hall–Kier alpha value is -0.810. The largest absolute Gasteiger partial charge is 0.444 e. The summed E-state index contributed by atoms with van der Waals surface area (Å²) >= 11 is 0. The van der Waals surface area contributed by atoms with Gasteiger partial charge in [-0.15, -0.1) is 0 Å². The molecule has 0 heterocycles. The minimum absolute atomic E-state index is 0.163. The maximum atomic E-state index is 11.7. The lowest BCUT2D eigenvalue weighted by Crippen LogP contribution is -2.40. The van der Waals surface area contributed by atoms with Crippen molar-refractivity contribution < 1.29 is 14.4 Å². The number of ether oxygens (including phenoxy) is 1. The third-order valence-electron chi connectivity index (χ3n) is 2.69. The van der Waals surface area contributed by atoms with Crippen LogP contribution in [0, 0.1) is 0 Å². The second-order valence-electron chi connectivity index (χ2n) is 7.19. The van der Waals surface area contributed by atoms with Crippen LogP contribution in [0.2, 0.25) is 0 Å². The van der Waals surface area contributed by atoms with Crippen molar-refractivity contribution in [2.24, 2.45) is 0 Å². The topological polar surface area (TPSA) is 59.6 Å². The van der Waals surface area contributed by atoms with Crippen molar-refractivity contribution >= 4 is 6.09 Å². The monoisotopic (exact) mass is 272 g/mol. The molecule has 1 aliphatic rings. The van der Waals surface area contributed by atoms with Crippen LogP contribution in [0.1, 0.15) is 60.8 Å². The molecule has 1 saturated carbocycles. The standard InChI is InChI=1S/C14H28N2O3/c1-13(2,3)18-12(17)15-10-7-8-11(9-10)16-19-14(4,5)6/h10-11,16H,7-9H2,1-6H3,(H,15,17). The van der Waals surface area contributed by atoms with Crippen LogP contribution in [-0.2, 0) is 9.57 Å². The number of rotatable bonds is 3. The second kappa shape index (κ2) is 6.09. The van der Waals surface area contributed by atoms with E-state index in [9.17, 15) is 4.79 Å². The Labute approximate surface area is 116 Å². The van der Waals surface area contributed by atoms with Crippen molar-refractivity contribution in [3.8, 4) is 0 Å². The number of hydrogen-bond acceptors (Lipinski definition) is 4. The van der Waals surface area contributed by atoms with E-state index < -0.39 is 5.60 Å². The van der Waals surface area contributed by atoms with Crippen LogP contribution in [0.15, 0.2) is 0 Å². The van der Waals surface area contributed by atoms with Crippen molar-refractivity contribution in [1.82, 2.24) is 10.8 Å². The van der Waals surface area contributed by atoms with Crippen molar-refractivity contribution in [2.45, 2.75) is 84.1 Å². The molecule has 1 fully saturated rings. The van der Waals surface area contributed by atoms with Crippen LogP contribution >= 0.6 is 0 Å². The Balaban J connectivity index is 2.27. The van der Waals surface area contributed by atoms with Gasteiger partial charge in [-0.2, -0.15) is 5.48 Å². The molecule has 0 aromatic heterocycles. The zero-order valence-corrected chi connectivity index (χ0v) is 13.0.